The molecule has 0 aliphatic carbocycles. The minimum absolute atomic E-state index is 0.0229. The average Bonchev–Trinajstić information content (AvgIpc) is 2.41. The summed E-state index contributed by atoms with van der Waals surface area (Å²) >= 11 is 0. The molecule has 0 atom stereocenters. The molecule has 0 fully saturated rings. The van der Waals surface area contributed by atoms with Crippen molar-refractivity contribution in [2.45, 2.75) is 13.8 Å². The third-order valence-electron chi connectivity index (χ3n) is 2.91. The molecule has 2 aromatic carbocycles. The molecular weight excluding hydrogens is 255 g/mol. The van der Waals surface area contributed by atoms with Gasteiger partial charge in [0, 0.05) is 0 Å². The van der Waals surface area contributed by atoms with Crippen molar-refractivity contribution in [2.24, 2.45) is 5.10 Å². The van der Waals surface area contributed by atoms with Crippen LogP contribution in [0, 0.1) is 19.7 Å². The van der Waals surface area contributed by atoms with Crippen molar-refractivity contribution in [1.29, 1.82) is 0 Å². The van der Waals surface area contributed by atoms with Gasteiger partial charge in [-0.25, -0.2) is 9.82 Å². The van der Waals surface area contributed by atoms with Crippen LogP contribution in [0.15, 0.2) is 47.6 Å². The lowest BCUT2D eigenvalue weighted by atomic mass is 10.1. The van der Waals surface area contributed by atoms with E-state index in [4.69, 9.17) is 0 Å². The molecule has 0 radical (unpaired) electrons. The zero-order valence-electron chi connectivity index (χ0n) is 11.4. The van der Waals surface area contributed by atoms with Gasteiger partial charge in [-0.1, -0.05) is 35.9 Å². The van der Waals surface area contributed by atoms with Crippen molar-refractivity contribution < 1.29 is 9.18 Å². The van der Waals surface area contributed by atoms with Gasteiger partial charge in [0.05, 0.1) is 11.8 Å². The molecule has 0 saturated carbocycles. The third kappa shape index (κ3) is 3.29. The second-order valence-corrected chi connectivity index (χ2v) is 4.54. The maximum atomic E-state index is 13.4. The Balaban J connectivity index is 2.07. The number of amides is 1. The molecule has 4 heteroatoms. The molecule has 2 aromatic rings. The molecule has 0 heterocycles. The summed E-state index contributed by atoms with van der Waals surface area (Å²) in [6.07, 6.45) is 1.55. The van der Waals surface area contributed by atoms with E-state index in [1.807, 2.05) is 32.0 Å². The largest absolute Gasteiger partial charge is 0.274 e. The van der Waals surface area contributed by atoms with Gasteiger partial charge in [0.15, 0.2) is 0 Å². The van der Waals surface area contributed by atoms with Gasteiger partial charge in [0.2, 0.25) is 0 Å². The zero-order valence-corrected chi connectivity index (χ0v) is 11.4. The lowest BCUT2D eigenvalue weighted by Crippen LogP contribution is -2.19. The number of rotatable bonds is 3. The lowest BCUT2D eigenvalue weighted by molar-refractivity contribution is 0.0951. The number of nitrogens with zero attached hydrogens (tertiary/aromatic N) is 1. The number of hydrogen-bond donors (Lipinski definition) is 1. The maximum Gasteiger partial charge on any atom is 0.274 e. The van der Waals surface area contributed by atoms with Gasteiger partial charge in [-0.05, 0) is 37.1 Å². The van der Waals surface area contributed by atoms with Crippen LogP contribution in [0.25, 0.3) is 0 Å². The highest BCUT2D eigenvalue weighted by Crippen LogP contribution is 2.08. The van der Waals surface area contributed by atoms with Crippen molar-refractivity contribution in [3.8, 4) is 0 Å². The minimum atomic E-state index is -0.566. The summed E-state index contributed by atoms with van der Waals surface area (Å²) in [5, 5.41) is 3.86. The van der Waals surface area contributed by atoms with E-state index in [1.165, 1.54) is 18.2 Å². The molecule has 1 N–H and O–H groups in total. The first-order chi connectivity index (χ1) is 9.58. The van der Waals surface area contributed by atoms with Crippen molar-refractivity contribution in [3.63, 3.8) is 0 Å². The summed E-state index contributed by atoms with van der Waals surface area (Å²) in [6.45, 7) is 3.97. The van der Waals surface area contributed by atoms with E-state index in [9.17, 15) is 9.18 Å². The van der Waals surface area contributed by atoms with Crippen molar-refractivity contribution in [1.82, 2.24) is 5.43 Å². The highest BCUT2D eigenvalue weighted by Gasteiger charge is 2.09. The van der Waals surface area contributed by atoms with E-state index in [2.05, 4.69) is 10.5 Å². The second kappa shape index (κ2) is 6.10. The number of nitrogens with one attached hydrogen (secondary N) is 1. The molecule has 1 amide bonds. The van der Waals surface area contributed by atoms with Crippen LogP contribution >= 0.6 is 0 Å². The molecule has 102 valence electrons. The van der Waals surface area contributed by atoms with Crippen LogP contribution in [0.2, 0.25) is 0 Å². The Labute approximate surface area is 117 Å². The topological polar surface area (TPSA) is 41.5 Å². The molecule has 2 rings (SSSR count). The van der Waals surface area contributed by atoms with Gasteiger partial charge in [0.1, 0.15) is 5.82 Å². The molecule has 0 unspecified atom stereocenters. The van der Waals surface area contributed by atoms with Gasteiger partial charge in [-0.3, -0.25) is 4.79 Å². The van der Waals surface area contributed by atoms with E-state index in [-0.39, 0.29) is 5.56 Å². The Morgan fingerprint density at radius 1 is 1.20 bits per heavy atom. The summed E-state index contributed by atoms with van der Waals surface area (Å²) in [5.41, 5.74) is 5.43. The summed E-state index contributed by atoms with van der Waals surface area (Å²) in [5.74, 6) is -1.13. The predicted octanol–water partition coefficient (Wildman–Crippen LogP) is 3.21. The third-order valence-corrected chi connectivity index (χ3v) is 2.91. The molecular formula is C16H15FN2O. The molecule has 0 bridgehead atoms. The monoisotopic (exact) mass is 270 g/mol. The quantitative estimate of drug-likeness (QED) is 0.675. The number of hydrazone groups is 1. The lowest BCUT2D eigenvalue weighted by Gasteiger charge is -2.02. The SMILES string of the molecule is Cc1ccc(/C=N\NC(=O)c2ccccc2F)c(C)c1. The van der Waals surface area contributed by atoms with Gasteiger partial charge < -0.3 is 0 Å². The Kier molecular flexibility index (Phi) is 4.25. The van der Waals surface area contributed by atoms with Crippen LogP contribution in [0.1, 0.15) is 27.0 Å². The number of halogens is 1. The smallest absolute Gasteiger partial charge is 0.267 e. The van der Waals surface area contributed by atoms with E-state index in [1.54, 1.807) is 12.3 Å². The fraction of sp³-hybridized carbons (Fsp3) is 0.125. The Bertz CT molecular complexity index is 665. The van der Waals surface area contributed by atoms with Gasteiger partial charge in [-0.2, -0.15) is 5.10 Å². The summed E-state index contributed by atoms with van der Waals surface area (Å²) in [6, 6.07) is 11.7. The summed E-state index contributed by atoms with van der Waals surface area (Å²) in [7, 11) is 0. The molecule has 0 aromatic heterocycles. The van der Waals surface area contributed by atoms with Crippen molar-refractivity contribution in [3.05, 3.63) is 70.5 Å². The Hall–Kier alpha value is -2.49. The molecule has 0 saturated heterocycles. The maximum absolute atomic E-state index is 13.4. The van der Waals surface area contributed by atoms with E-state index in [0.29, 0.717) is 0 Å². The number of carbonyl (C=O) groups is 1. The molecule has 20 heavy (non-hydrogen) atoms. The first kappa shape index (κ1) is 13.9. The van der Waals surface area contributed by atoms with E-state index in [0.717, 1.165) is 16.7 Å². The second-order valence-electron chi connectivity index (χ2n) is 4.54. The first-order valence-corrected chi connectivity index (χ1v) is 6.23. The van der Waals surface area contributed by atoms with E-state index >= 15 is 0 Å². The minimum Gasteiger partial charge on any atom is -0.267 e. The van der Waals surface area contributed by atoms with Crippen LogP contribution in [0.4, 0.5) is 4.39 Å². The van der Waals surface area contributed by atoms with E-state index < -0.39 is 11.7 Å². The van der Waals surface area contributed by atoms with Crippen LogP contribution in [-0.2, 0) is 0 Å². The highest BCUT2D eigenvalue weighted by molar-refractivity contribution is 5.95. The fourth-order valence-corrected chi connectivity index (χ4v) is 1.84. The summed E-state index contributed by atoms with van der Waals surface area (Å²) in [4.78, 5) is 11.7. The number of aryl methyl sites for hydroxylation is 2. The van der Waals surface area contributed by atoms with Gasteiger partial charge in [0.25, 0.3) is 5.91 Å². The van der Waals surface area contributed by atoms with Gasteiger partial charge in [-0.15, -0.1) is 0 Å². The number of carbonyl (C=O) groups excluding carboxylic acids is 1. The Morgan fingerprint density at radius 2 is 1.95 bits per heavy atom. The van der Waals surface area contributed by atoms with Crippen LogP contribution in [0.3, 0.4) is 0 Å². The molecule has 0 spiro atoms. The Morgan fingerprint density at radius 3 is 2.65 bits per heavy atom. The predicted molar refractivity (Wildman–Crippen MR) is 77.4 cm³/mol. The molecule has 0 aliphatic rings. The van der Waals surface area contributed by atoms with Crippen LogP contribution in [-0.4, -0.2) is 12.1 Å². The highest BCUT2D eigenvalue weighted by atomic mass is 19.1. The number of benzene rings is 2. The first-order valence-electron chi connectivity index (χ1n) is 6.23. The fourth-order valence-electron chi connectivity index (χ4n) is 1.84. The molecule has 3 nitrogen and oxygen atoms in total. The number of hydrogen-bond acceptors (Lipinski definition) is 2. The van der Waals surface area contributed by atoms with Crippen LogP contribution < -0.4 is 5.43 Å². The van der Waals surface area contributed by atoms with Gasteiger partial charge >= 0.3 is 0 Å². The van der Waals surface area contributed by atoms with Crippen molar-refractivity contribution >= 4 is 12.1 Å². The standard InChI is InChI=1S/C16H15FN2O/c1-11-7-8-13(12(2)9-11)10-18-19-16(20)14-5-3-4-6-15(14)17/h3-10H,1-2H3,(H,19,20)/b18-10-. The normalized spacial score (nSPS) is 10.8. The average molecular weight is 270 g/mol. The molecule has 0 aliphatic heterocycles. The van der Waals surface area contributed by atoms with Crippen LogP contribution in [0.5, 0.6) is 0 Å². The zero-order chi connectivity index (χ0) is 14.5. The van der Waals surface area contributed by atoms with Crippen molar-refractivity contribution in [2.75, 3.05) is 0 Å². The summed E-state index contributed by atoms with van der Waals surface area (Å²) < 4.78 is 13.4.